The van der Waals surface area contributed by atoms with Gasteiger partial charge in [0.15, 0.2) is 0 Å². The highest BCUT2D eigenvalue weighted by molar-refractivity contribution is 6.28. The lowest BCUT2D eigenvalue weighted by Gasteiger charge is -2.18. The second-order valence-electron chi connectivity index (χ2n) is 9.11. The van der Waals surface area contributed by atoms with Gasteiger partial charge in [-0.3, -0.25) is 0 Å². The van der Waals surface area contributed by atoms with Crippen LogP contribution >= 0.6 is 0 Å². The third-order valence-electron chi connectivity index (χ3n) is 6.92. The van der Waals surface area contributed by atoms with E-state index in [0.717, 1.165) is 6.07 Å². The van der Waals surface area contributed by atoms with Crippen LogP contribution in [0.1, 0.15) is 31.5 Å². The summed E-state index contributed by atoms with van der Waals surface area (Å²) in [5.74, 6) is -0.459. The number of furan rings is 2. The van der Waals surface area contributed by atoms with E-state index in [1.807, 2.05) is 0 Å². The van der Waals surface area contributed by atoms with Crippen molar-refractivity contribution in [1.29, 1.82) is 0 Å². The van der Waals surface area contributed by atoms with E-state index in [2.05, 4.69) is 0 Å². The summed E-state index contributed by atoms with van der Waals surface area (Å²) in [5.41, 5.74) is -4.23. The number of para-hydroxylation sites is 1. The second kappa shape index (κ2) is 8.95. The summed E-state index contributed by atoms with van der Waals surface area (Å²) in [5, 5.41) is -3.44. The third-order valence-corrected chi connectivity index (χ3v) is 6.92. The van der Waals surface area contributed by atoms with Crippen LogP contribution in [-0.4, -0.2) is 0 Å². The Morgan fingerprint density at radius 3 is 1.55 bits per heavy atom. The Balaban J connectivity index is 1.69. The molecule has 0 aliphatic rings. The van der Waals surface area contributed by atoms with Gasteiger partial charge in [-0.15, -0.1) is 0 Å². The molecule has 0 atom stereocenters. The molecule has 9 aromatic rings. The molecule has 0 fully saturated rings. The van der Waals surface area contributed by atoms with Crippen molar-refractivity contribution in [2.75, 3.05) is 0 Å². The standard InChI is InChI=1S/C40H24O2/c1-3-13-25(14-4-1)35-24-33-36(41-35)23-32-27-17-11-12-22-34(27)42-40(32)39(33)38-30-20-9-7-18-28(30)37(26-15-5-2-6-16-26)29-19-8-10-21-31(29)38/h1-24H/i1D,2D,3D,4D,5D,6D,7D,8D,9D,10D,11D,12D,13D,14D,15D,16D,17D,18D,19D,20D,21D,22D,23D. The van der Waals surface area contributed by atoms with Crippen LogP contribution < -0.4 is 0 Å². The molecule has 7 aromatic carbocycles. The fraction of sp³-hybridized carbons (Fsp3) is 0. The molecule has 0 bridgehead atoms. The molecule has 9 rings (SSSR count). The van der Waals surface area contributed by atoms with E-state index in [0.29, 0.717) is 0 Å². The minimum Gasteiger partial charge on any atom is -0.456 e. The van der Waals surface area contributed by atoms with E-state index in [1.54, 1.807) is 0 Å². The summed E-state index contributed by atoms with van der Waals surface area (Å²) < 4.78 is 215. The zero-order chi connectivity index (χ0) is 47.6. The first kappa shape index (κ1) is 10.0. The maximum atomic E-state index is 9.50. The van der Waals surface area contributed by atoms with E-state index in [-0.39, 0.29) is 10.8 Å². The molecule has 42 heavy (non-hydrogen) atoms. The lowest BCUT2D eigenvalue weighted by atomic mass is 9.84. The maximum absolute atomic E-state index is 9.50. The summed E-state index contributed by atoms with van der Waals surface area (Å²) >= 11 is 0. The molecule has 2 heteroatoms. The van der Waals surface area contributed by atoms with Crippen LogP contribution in [0, 0.1) is 0 Å². The molecule has 0 aliphatic carbocycles. The Bertz CT molecular complexity index is 3620. The van der Waals surface area contributed by atoms with Crippen LogP contribution in [0.4, 0.5) is 0 Å². The zero-order valence-electron chi connectivity index (χ0n) is 43.9. The second-order valence-corrected chi connectivity index (χ2v) is 9.11. The summed E-state index contributed by atoms with van der Waals surface area (Å²) in [6.45, 7) is 0. The fourth-order valence-corrected chi connectivity index (χ4v) is 5.27. The lowest BCUT2D eigenvalue weighted by molar-refractivity contribution is 0.631. The molecule has 0 saturated heterocycles. The van der Waals surface area contributed by atoms with Crippen LogP contribution in [0.5, 0.6) is 0 Å². The molecule has 0 N–H and O–H groups in total. The van der Waals surface area contributed by atoms with Gasteiger partial charge in [0.05, 0.1) is 31.5 Å². The molecule has 196 valence electrons. The molecule has 0 aliphatic heterocycles. The first-order chi connectivity index (χ1) is 30.4. The zero-order valence-corrected chi connectivity index (χ0v) is 20.9. The Labute approximate surface area is 274 Å². The van der Waals surface area contributed by atoms with Crippen molar-refractivity contribution in [3.05, 3.63) is 145 Å². The quantitative estimate of drug-likeness (QED) is 0.201. The number of benzene rings is 7. The Morgan fingerprint density at radius 2 is 0.905 bits per heavy atom. The molecule has 0 amide bonds. The smallest absolute Gasteiger partial charge is 0.144 e. The van der Waals surface area contributed by atoms with E-state index in [9.17, 15) is 6.85 Å². The van der Waals surface area contributed by atoms with Gasteiger partial charge in [0, 0.05) is 32.8 Å². The topological polar surface area (TPSA) is 26.3 Å². The Kier molecular flexibility index (Phi) is 2.14. The van der Waals surface area contributed by atoms with Crippen molar-refractivity contribution >= 4 is 54.5 Å². The maximum Gasteiger partial charge on any atom is 0.144 e. The Morgan fingerprint density at radius 1 is 0.381 bits per heavy atom. The van der Waals surface area contributed by atoms with Gasteiger partial charge in [0.25, 0.3) is 0 Å². The minimum absolute atomic E-state index is 0.295. The van der Waals surface area contributed by atoms with E-state index in [4.69, 9.17) is 33.5 Å². The predicted molar refractivity (Wildman–Crippen MR) is 175 cm³/mol. The van der Waals surface area contributed by atoms with Crippen molar-refractivity contribution in [3.63, 3.8) is 0 Å². The molecule has 0 spiro atoms. The van der Waals surface area contributed by atoms with Crippen LogP contribution in [0.3, 0.4) is 0 Å². The third kappa shape index (κ3) is 3.33. The largest absolute Gasteiger partial charge is 0.456 e. The van der Waals surface area contributed by atoms with Gasteiger partial charge in [-0.1, -0.05) is 127 Å². The SMILES string of the molecule is [2H]c1c([2H])c([2H])c(-c2cc3c(-c4c5c([2H])c([2H])c([2H])c([2H])c5c(-c5c([2H])c([2H])c([2H])c([2H])c5[2H])c5c([2H])c([2H])c([2H])c([2H])c45)c4oc5c([2H])c([2H])c([2H])c([2H])c5c4c([2H])c3o2)c([2H])c1[2H]. The number of fused-ring (bicyclic) bond motifs is 6. The van der Waals surface area contributed by atoms with Gasteiger partial charge in [0.1, 0.15) is 22.5 Å². The van der Waals surface area contributed by atoms with Crippen molar-refractivity contribution in [1.82, 2.24) is 0 Å². The molecular weight excluding hydrogens is 512 g/mol. The van der Waals surface area contributed by atoms with Gasteiger partial charge in [-0.2, -0.15) is 0 Å². The summed E-state index contributed by atoms with van der Waals surface area (Å²) in [6.07, 6.45) is 0. The summed E-state index contributed by atoms with van der Waals surface area (Å²) in [7, 11) is 0. The highest BCUT2D eigenvalue weighted by Gasteiger charge is 2.24. The summed E-state index contributed by atoms with van der Waals surface area (Å²) in [4.78, 5) is 0. The van der Waals surface area contributed by atoms with Gasteiger partial charge in [-0.25, -0.2) is 0 Å². The molecular formula is C40H24O2. The van der Waals surface area contributed by atoms with E-state index in [1.165, 1.54) is 0 Å². The van der Waals surface area contributed by atoms with Crippen LogP contribution in [0.25, 0.3) is 88.0 Å². The predicted octanol–water partition coefficient (Wildman–Crippen LogP) is 11.6. The van der Waals surface area contributed by atoms with Crippen LogP contribution in [0.2, 0.25) is 0 Å². The first-order valence-corrected chi connectivity index (χ1v) is 12.4. The van der Waals surface area contributed by atoms with Gasteiger partial charge >= 0.3 is 0 Å². The fourth-order valence-electron chi connectivity index (χ4n) is 5.27. The van der Waals surface area contributed by atoms with Crippen molar-refractivity contribution < 1.29 is 40.4 Å². The number of hydrogen-bond donors (Lipinski definition) is 0. The van der Waals surface area contributed by atoms with Crippen molar-refractivity contribution in [3.8, 4) is 33.6 Å². The molecule has 0 unspecified atom stereocenters. The highest BCUT2D eigenvalue weighted by Crippen LogP contribution is 2.49. The minimum atomic E-state index is -0.906. The number of hydrogen-bond acceptors (Lipinski definition) is 2. The molecule has 0 radical (unpaired) electrons. The normalized spacial score (nSPS) is 19.5. The molecule has 0 saturated carbocycles. The van der Waals surface area contributed by atoms with Gasteiger partial charge in [0.2, 0.25) is 0 Å². The average Bonchev–Trinajstić information content (AvgIpc) is 3.91. The monoisotopic (exact) mass is 559 g/mol. The first-order valence-electron chi connectivity index (χ1n) is 23.9. The van der Waals surface area contributed by atoms with E-state index >= 15 is 0 Å². The van der Waals surface area contributed by atoms with Crippen molar-refractivity contribution in [2.24, 2.45) is 0 Å². The number of rotatable bonds is 3. The Hall–Kier alpha value is -5.60. The van der Waals surface area contributed by atoms with E-state index < -0.39 is 216 Å². The molecule has 2 heterocycles. The van der Waals surface area contributed by atoms with Gasteiger partial charge in [-0.05, 0) is 50.8 Å². The van der Waals surface area contributed by atoms with Crippen LogP contribution in [-0.2, 0) is 0 Å². The summed E-state index contributed by atoms with van der Waals surface area (Å²) in [6, 6.07) is -17.8. The van der Waals surface area contributed by atoms with Crippen molar-refractivity contribution in [2.45, 2.75) is 0 Å². The van der Waals surface area contributed by atoms with Crippen LogP contribution in [0.15, 0.2) is 154 Å². The molecule has 2 nitrogen and oxygen atoms in total. The lowest BCUT2D eigenvalue weighted by Crippen LogP contribution is -1.91. The average molecular weight is 560 g/mol. The molecule has 2 aromatic heterocycles. The highest BCUT2D eigenvalue weighted by atomic mass is 16.3. The van der Waals surface area contributed by atoms with Gasteiger partial charge < -0.3 is 8.83 Å².